The van der Waals surface area contributed by atoms with E-state index < -0.39 is 0 Å². The molecule has 0 aromatic heterocycles. The van der Waals surface area contributed by atoms with Crippen molar-refractivity contribution in [3.8, 4) is 0 Å². The Morgan fingerprint density at radius 1 is 1.12 bits per heavy atom. The summed E-state index contributed by atoms with van der Waals surface area (Å²) in [6.07, 6.45) is 1.33. The average Bonchev–Trinajstić information content (AvgIpc) is 2.92. The van der Waals surface area contributed by atoms with Crippen LogP contribution in [0.2, 0.25) is 0 Å². The Morgan fingerprint density at radius 3 is 2.65 bits per heavy atom. The lowest BCUT2D eigenvalue weighted by atomic mass is 10.00. The highest BCUT2D eigenvalue weighted by molar-refractivity contribution is 6.08. The number of fused-ring (bicyclic) bond motifs is 2. The predicted molar refractivity (Wildman–Crippen MR) is 71.6 cm³/mol. The minimum Gasteiger partial charge on any atom is -0.288 e. The van der Waals surface area contributed by atoms with E-state index in [-0.39, 0.29) is 0 Å². The lowest BCUT2D eigenvalue weighted by Gasteiger charge is -2.04. The largest absolute Gasteiger partial charge is 0.288 e. The molecule has 17 heavy (non-hydrogen) atoms. The van der Waals surface area contributed by atoms with Gasteiger partial charge in [0, 0.05) is 18.2 Å². The van der Waals surface area contributed by atoms with E-state index in [1.54, 1.807) is 0 Å². The normalized spacial score (nSPS) is 30.2. The zero-order chi connectivity index (χ0) is 11.5. The molecule has 1 unspecified atom stereocenters. The first-order valence-corrected chi connectivity index (χ1v) is 6.30. The van der Waals surface area contributed by atoms with Crippen LogP contribution in [0.1, 0.15) is 18.9 Å². The van der Waals surface area contributed by atoms with Crippen molar-refractivity contribution in [3.05, 3.63) is 48.0 Å². The Morgan fingerprint density at radius 2 is 1.94 bits per heavy atom. The SMILES string of the molecule is CC12CN=C(c3ccc4ccccc4c3)[C@@H]1C2. The molecule has 1 aliphatic carbocycles. The second-order valence-electron chi connectivity index (χ2n) is 5.67. The van der Waals surface area contributed by atoms with Gasteiger partial charge in [0.25, 0.3) is 0 Å². The van der Waals surface area contributed by atoms with Gasteiger partial charge in [-0.15, -0.1) is 0 Å². The smallest absolute Gasteiger partial charge is 0.0458 e. The number of hydrogen-bond acceptors (Lipinski definition) is 1. The number of nitrogens with zero attached hydrogens (tertiary/aromatic N) is 1. The van der Waals surface area contributed by atoms with Gasteiger partial charge in [0.15, 0.2) is 0 Å². The maximum atomic E-state index is 4.73. The van der Waals surface area contributed by atoms with Crippen LogP contribution in [0.3, 0.4) is 0 Å². The van der Waals surface area contributed by atoms with Gasteiger partial charge in [0.1, 0.15) is 0 Å². The molecule has 2 aromatic carbocycles. The Kier molecular flexibility index (Phi) is 1.65. The lowest BCUT2D eigenvalue weighted by molar-refractivity contribution is 0.592. The van der Waals surface area contributed by atoms with E-state index in [2.05, 4.69) is 49.4 Å². The molecule has 1 nitrogen and oxygen atoms in total. The van der Waals surface area contributed by atoms with Crippen LogP contribution in [0, 0.1) is 11.3 Å². The van der Waals surface area contributed by atoms with E-state index in [1.165, 1.54) is 28.5 Å². The second-order valence-corrected chi connectivity index (χ2v) is 5.67. The Balaban J connectivity index is 1.82. The van der Waals surface area contributed by atoms with Crippen molar-refractivity contribution in [1.29, 1.82) is 0 Å². The first-order valence-electron chi connectivity index (χ1n) is 6.30. The summed E-state index contributed by atoms with van der Waals surface area (Å²) in [5, 5.41) is 2.63. The number of aliphatic imine (C=N–C) groups is 1. The zero-order valence-electron chi connectivity index (χ0n) is 9.98. The van der Waals surface area contributed by atoms with E-state index in [9.17, 15) is 0 Å². The molecule has 2 atom stereocenters. The van der Waals surface area contributed by atoms with Gasteiger partial charge >= 0.3 is 0 Å². The Labute approximate surface area is 101 Å². The summed E-state index contributed by atoms with van der Waals surface area (Å²) in [7, 11) is 0. The topological polar surface area (TPSA) is 12.4 Å². The Bertz CT molecular complexity index is 641. The van der Waals surface area contributed by atoms with Gasteiger partial charge < -0.3 is 0 Å². The van der Waals surface area contributed by atoms with Crippen LogP contribution in [0.25, 0.3) is 10.8 Å². The maximum Gasteiger partial charge on any atom is 0.0458 e. The number of benzene rings is 2. The van der Waals surface area contributed by atoms with E-state index in [0.29, 0.717) is 5.41 Å². The molecule has 0 radical (unpaired) electrons. The molecule has 84 valence electrons. The van der Waals surface area contributed by atoms with Crippen molar-refractivity contribution < 1.29 is 0 Å². The van der Waals surface area contributed by atoms with Gasteiger partial charge in [-0.25, -0.2) is 0 Å². The minimum absolute atomic E-state index is 0.501. The molecular formula is C16H15N. The summed E-state index contributed by atoms with van der Waals surface area (Å²) < 4.78 is 0. The zero-order valence-corrected chi connectivity index (χ0v) is 9.98. The quantitative estimate of drug-likeness (QED) is 0.696. The maximum absolute atomic E-state index is 4.73. The van der Waals surface area contributed by atoms with Crippen LogP contribution >= 0.6 is 0 Å². The molecule has 0 N–H and O–H groups in total. The molecular weight excluding hydrogens is 206 g/mol. The molecule has 0 amide bonds. The second kappa shape index (κ2) is 2.98. The first-order chi connectivity index (χ1) is 8.26. The highest BCUT2D eigenvalue weighted by Gasteiger charge is 2.56. The third kappa shape index (κ3) is 1.28. The summed E-state index contributed by atoms with van der Waals surface area (Å²) in [4.78, 5) is 4.73. The third-order valence-electron chi connectivity index (χ3n) is 4.34. The van der Waals surface area contributed by atoms with Gasteiger partial charge in [-0.05, 0) is 34.2 Å². The van der Waals surface area contributed by atoms with Crippen LogP contribution in [0.15, 0.2) is 47.5 Å². The molecule has 0 bridgehead atoms. The molecule has 4 rings (SSSR count). The van der Waals surface area contributed by atoms with Gasteiger partial charge in [0.05, 0.1) is 0 Å². The minimum atomic E-state index is 0.501. The molecule has 2 aromatic rings. The third-order valence-corrected chi connectivity index (χ3v) is 4.34. The molecule has 1 heteroatoms. The molecule has 1 heterocycles. The summed E-state index contributed by atoms with van der Waals surface area (Å²) in [6.45, 7) is 3.38. The summed E-state index contributed by atoms with van der Waals surface area (Å²) >= 11 is 0. The van der Waals surface area contributed by atoms with E-state index in [0.717, 1.165) is 12.5 Å². The van der Waals surface area contributed by atoms with Crippen LogP contribution in [-0.2, 0) is 0 Å². The van der Waals surface area contributed by atoms with E-state index >= 15 is 0 Å². The van der Waals surface area contributed by atoms with Gasteiger partial charge in [-0.3, -0.25) is 4.99 Å². The lowest BCUT2D eigenvalue weighted by Crippen LogP contribution is -2.02. The van der Waals surface area contributed by atoms with Crippen molar-refractivity contribution in [2.24, 2.45) is 16.3 Å². The molecule has 0 saturated heterocycles. The number of hydrogen-bond donors (Lipinski definition) is 0. The van der Waals surface area contributed by atoms with Gasteiger partial charge in [-0.2, -0.15) is 0 Å². The fraction of sp³-hybridized carbons (Fsp3) is 0.312. The summed E-state index contributed by atoms with van der Waals surface area (Å²) in [5.41, 5.74) is 3.18. The standard InChI is InChI=1S/C16H15N/c1-16-9-14(16)15(17-10-16)13-7-6-11-4-2-3-5-12(11)8-13/h2-8,14H,9-10H2,1H3/t14-,16?/m0/s1. The van der Waals surface area contributed by atoms with Crippen LogP contribution in [-0.4, -0.2) is 12.3 Å². The Hall–Kier alpha value is -1.63. The van der Waals surface area contributed by atoms with Crippen molar-refractivity contribution in [1.82, 2.24) is 0 Å². The molecule has 1 saturated carbocycles. The number of rotatable bonds is 1. The van der Waals surface area contributed by atoms with Crippen LogP contribution in [0.5, 0.6) is 0 Å². The monoisotopic (exact) mass is 221 g/mol. The first kappa shape index (κ1) is 9.41. The summed E-state index contributed by atoms with van der Waals surface area (Å²) in [6, 6.07) is 15.3. The molecule has 1 aliphatic heterocycles. The van der Waals surface area contributed by atoms with Crippen LogP contribution in [0.4, 0.5) is 0 Å². The van der Waals surface area contributed by atoms with Crippen molar-refractivity contribution in [2.45, 2.75) is 13.3 Å². The van der Waals surface area contributed by atoms with Crippen molar-refractivity contribution in [3.63, 3.8) is 0 Å². The fourth-order valence-electron chi connectivity index (χ4n) is 3.03. The summed E-state index contributed by atoms with van der Waals surface area (Å²) in [5.74, 6) is 0.726. The molecule has 0 spiro atoms. The average molecular weight is 221 g/mol. The highest BCUT2D eigenvalue weighted by atomic mass is 14.9. The fourth-order valence-corrected chi connectivity index (χ4v) is 3.03. The molecule has 2 aliphatic rings. The van der Waals surface area contributed by atoms with E-state index in [4.69, 9.17) is 4.99 Å². The van der Waals surface area contributed by atoms with Crippen LogP contribution < -0.4 is 0 Å². The van der Waals surface area contributed by atoms with Crippen molar-refractivity contribution >= 4 is 16.5 Å². The van der Waals surface area contributed by atoms with Gasteiger partial charge in [-0.1, -0.05) is 43.3 Å². The predicted octanol–water partition coefficient (Wildman–Crippen LogP) is 3.67. The van der Waals surface area contributed by atoms with E-state index in [1.807, 2.05) is 0 Å². The van der Waals surface area contributed by atoms with Gasteiger partial charge in [0.2, 0.25) is 0 Å². The molecule has 1 fully saturated rings. The highest BCUT2D eigenvalue weighted by Crippen LogP contribution is 2.57. The van der Waals surface area contributed by atoms with Crippen molar-refractivity contribution in [2.75, 3.05) is 6.54 Å².